The third-order valence-electron chi connectivity index (χ3n) is 4.87. The molecule has 0 saturated heterocycles. The van der Waals surface area contributed by atoms with Crippen LogP contribution in [0.2, 0.25) is 0 Å². The fraction of sp³-hybridized carbons (Fsp3) is 0.286. The summed E-state index contributed by atoms with van der Waals surface area (Å²) in [4.78, 5) is 14.7. The highest BCUT2D eigenvalue weighted by molar-refractivity contribution is 6.05. The lowest BCUT2D eigenvalue weighted by atomic mass is 10.1. The molecular weight excluding hydrogens is 346 g/mol. The minimum absolute atomic E-state index is 0.0777. The van der Waals surface area contributed by atoms with Crippen molar-refractivity contribution in [3.63, 3.8) is 0 Å². The maximum absolute atomic E-state index is 12.9. The van der Waals surface area contributed by atoms with Gasteiger partial charge in [-0.1, -0.05) is 18.2 Å². The number of ether oxygens (including phenoxy) is 4. The van der Waals surface area contributed by atoms with Gasteiger partial charge in [0.1, 0.15) is 0 Å². The Labute approximate surface area is 157 Å². The smallest absolute Gasteiger partial charge is 0.251 e. The fourth-order valence-electron chi connectivity index (χ4n) is 3.66. The second-order valence-corrected chi connectivity index (χ2v) is 6.49. The number of nitrogens with zero attached hydrogens (tertiary/aromatic N) is 1. The summed E-state index contributed by atoms with van der Waals surface area (Å²) in [5.74, 6) is 1.98. The summed E-state index contributed by atoms with van der Waals surface area (Å²) in [6.07, 6.45) is 4.13. The topological polar surface area (TPSA) is 57.2 Å². The number of amides is 1. The van der Waals surface area contributed by atoms with Crippen molar-refractivity contribution in [1.29, 1.82) is 0 Å². The quantitative estimate of drug-likeness (QED) is 0.775. The van der Waals surface area contributed by atoms with Gasteiger partial charge >= 0.3 is 0 Å². The maximum atomic E-state index is 12.9. The number of anilines is 1. The molecule has 0 fully saturated rings. The summed E-state index contributed by atoms with van der Waals surface area (Å²) < 4.78 is 21.8. The van der Waals surface area contributed by atoms with Crippen LogP contribution in [0.5, 0.6) is 23.0 Å². The van der Waals surface area contributed by atoms with Gasteiger partial charge in [-0.3, -0.25) is 4.79 Å². The second kappa shape index (κ2) is 6.87. The van der Waals surface area contributed by atoms with E-state index in [0.717, 1.165) is 12.1 Å². The van der Waals surface area contributed by atoms with E-state index in [1.807, 2.05) is 23.1 Å². The van der Waals surface area contributed by atoms with Crippen LogP contribution in [0, 0.1) is 0 Å². The Bertz CT molecular complexity index is 921. The molecule has 2 aliphatic heterocycles. The lowest BCUT2D eigenvalue weighted by Crippen LogP contribution is -2.34. The van der Waals surface area contributed by atoms with E-state index in [1.54, 1.807) is 32.4 Å². The van der Waals surface area contributed by atoms with Gasteiger partial charge in [0.2, 0.25) is 18.3 Å². The molecule has 0 aliphatic carbocycles. The molecule has 0 aromatic heterocycles. The summed E-state index contributed by atoms with van der Waals surface area (Å²) in [6, 6.07) is 9.89. The van der Waals surface area contributed by atoms with Crippen LogP contribution >= 0.6 is 0 Å². The molecule has 1 unspecified atom stereocenters. The number of rotatable bonds is 4. The Kier molecular flexibility index (Phi) is 4.39. The van der Waals surface area contributed by atoms with Crippen molar-refractivity contribution in [2.75, 3.05) is 25.9 Å². The maximum Gasteiger partial charge on any atom is 0.251 e. The van der Waals surface area contributed by atoms with Crippen LogP contribution in [0.3, 0.4) is 0 Å². The highest BCUT2D eigenvalue weighted by atomic mass is 16.7. The number of hydrogen-bond donors (Lipinski definition) is 0. The van der Waals surface area contributed by atoms with Crippen LogP contribution in [0.25, 0.3) is 6.08 Å². The number of carbonyl (C=O) groups is 1. The average molecular weight is 367 g/mol. The first-order chi connectivity index (χ1) is 13.1. The first kappa shape index (κ1) is 17.3. The van der Waals surface area contributed by atoms with Crippen LogP contribution in [-0.2, 0) is 11.2 Å². The Hall–Kier alpha value is -3.15. The predicted molar refractivity (Wildman–Crippen MR) is 102 cm³/mol. The van der Waals surface area contributed by atoms with Crippen LogP contribution in [0.4, 0.5) is 5.69 Å². The molecule has 1 atom stereocenters. The second-order valence-electron chi connectivity index (χ2n) is 6.49. The molecule has 2 aromatic carbocycles. The monoisotopic (exact) mass is 367 g/mol. The average Bonchev–Trinajstić information content (AvgIpc) is 3.28. The van der Waals surface area contributed by atoms with Gasteiger partial charge in [-0.25, -0.2) is 0 Å². The van der Waals surface area contributed by atoms with Gasteiger partial charge in [0.05, 0.1) is 14.2 Å². The van der Waals surface area contributed by atoms with Crippen LogP contribution < -0.4 is 23.8 Å². The van der Waals surface area contributed by atoms with Crippen molar-refractivity contribution in [1.82, 2.24) is 0 Å². The van der Waals surface area contributed by atoms with Gasteiger partial charge in [-0.05, 0) is 37.1 Å². The zero-order valence-corrected chi connectivity index (χ0v) is 15.5. The number of carbonyl (C=O) groups excluding carboxylic acids is 1. The van der Waals surface area contributed by atoms with Crippen LogP contribution in [-0.4, -0.2) is 33.0 Å². The summed E-state index contributed by atoms with van der Waals surface area (Å²) in [5.41, 5.74) is 2.84. The molecule has 0 N–H and O–H groups in total. The highest BCUT2D eigenvalue weighted by Gasteiger charge is 2.30. The molecular formula is C21H21NO5. The third-order valence-corrected chi connectivity index (χ3v) is 4.87. The van der Waals surface area contributed by atoms with E-state index >= 15 is 0 Å². The summed E-state index contributed by atoms with van der Waals surface area (Å²) in [7, 11) is 3.12. The van der Waals surface area contributed by atoms with Crippen molar-refractivity contribution in [3.05, 3.63) is 47.5 Å². The third kappa shape index (κ3) is 2.87. The molecule has 6 heteroatoms. The van der Waals surface area contributed by atoms with Gasteiger partial charge in [-0.15, -0.1) is 0 Å². The minimum Gasteiger partial charge on any atom is -0.493 e. The Morgan fingerprint density at radius 1 is 1.19 bits per heavy atom. The van der Waals surface area contributed by atoms with Gasteiger partial charge in [0, 0.05) is 23.4 Å². The molecule has 0 spiro atoms. The van der Waals surface area contributed by atoms with Gasteiger partial charge < -0.3 is 23.8 Å². The van der Waals surface area contributed by atoms with Crippen molar-refractivity contribution in [2.24, 2.45) is 0 Å². The Morgan fingerprint density at radius 2 is 1.96 bits per heavy atom. The lowest BCUT2D eigenvalue weighted by Gasteiger charge is -2.21. The van der Waals surface area contributed by atoms with Gasteiger partial charge in [0.25, 0.3) is 5.91 Å². The van der Waals surface area contributed by atoms with E-state index in [4.69, 9.17) is 18.9 Å². The fourth-order valence-corrected chi connectivity index (χ4v) is 3.66. The molecule has 1 amide bonds. The van der Waals surface area contributed by atoms with Gasteiger partial charge in [0.15, 0.2) is 11.5 Å². The van der Waals surface area contributed by atoms with Crippen LogP contribution in [0.15, 0.2) is 36.4 Å². The van der Waals surface area contributed by atoms with Crippen molar-refractivity contribution < 1.29 is 23.7 Å². The molecule has 2 aliphatic rings. The first-order valence-corrected chi connectivity index (χ1v) is 8.77. The Balaban J connectivity index is 1.66. The molecule has 0 saturated carbocycles. The molecule has 140 valence electrons. The van der Waals surface area contributed by atoms with Crippen molar-refractivity contribution in [2.45, 2.75) is 19.4 Å². The Morgan fingerprint density at radius 3 is 2.74 bits per heavy atom. The molecule has 0 bridgehead atoms. The molecule has 6 nitrogen and oxygen atoms in total. The normalized spacial score (nSPS) is 17.3. The minimum atomic E-state index is -0.0777. The number of hydrogen-bond acceptors (Lipinski definition) is 5. The zero-order valence-electron chi connectivity index (χ0n) is 15.5. The molecule has 2 aromatic rings. The highest BCUT2D eigenvalue weighted by Crippen LogP contribution is 2.49. The van der Waals surface area contributed by atoms with Crippen LogP contribution in [0.1, 0.15) is 18.1 Å². The number of fused-ring (bicyclic) bond motifs is 2. The number of methoxy groups -OCH3 is 2. The van der Waals surface area contributed by atoms with E-state index in [9.17, 15) is 4.79 Å². The standard InChI is InChI=1S/C21H21NO5/c1-13-10-14-6-4-5-7-16(14)22(13)18(23)9-8-15-11-17(24-2)20-21(19(15)25-3)27-12-26-20/h4-9,11,13H,10,12H2,1-3H3. The molecule has 4 rings (SSSR count). The van der Waals surface area contributed by atoms with E-state index in [2.05, 4.69) is 13.0 Å². The predicted octanol–water partition coefficient (Wildman–Crippen LogP) is 3.42. The first-order valence-electron chi connectivity index (χ1n) is 8.77. The molecule has 2 heterocycles. The summed E-state index contributed by atoms with van der Waals surface area (Å²) in [5, 5.41) is 0. The molecule has 0 radical (unpaired) electrons. The van der Waals surface area contributed by atoms with Crippen molar-refractivity contribution >= 4 is 17.7 Å². The lowest BCUT2D eigenvalue weighted by molar-refractivity contribution is -0.114. The largest absolute Gasteiger partial charge is 0.493 e. The summed E-state index contributed by atoms with van der Waals surface area (Å²) >= 11 is 0. The van der Waals surface area contributed by atoms with Gasteiger partial charge in [-0.2, -0.15) is 0 Å². The van der Waals surface area contributed by atoms with Crippen molar-refractivity contribution in [3.8, 4) is 23.0 Å². The van der Waals surface area contributed by atoms with E-state index in [1.165, 1.54) is 5.56 Å². The zero-order chi connectivity index (χ0) is 19.0. The molecule has 27 heavy (non-hydrogen) atoms. The number of para-hydroxylation sites is 1. The van der Waals surface area contributed by atoms with E-state index in [0.29, 0.717) is 28.6 Å². The van der Waals surface area contributed by atoms with E-state index in [-0.39, 0.29) is 18.7 Å². The summed E-state index contributed by atoms with van der Waals surface area (Å²) in [6.45, 7) is 2.16. The number of benzene rings is 2. The SMILES string of the molecule is COc1cc(C=CC(=O)N2c3ccccc3CC2C)c(OC)c2c1OCO2. The van der Waals surface area contributed by atoms with E-state index < -0.39 is 0 Å².